The zero-order valence-corrected chi connectivity index (χ0v) is 17.3. The number of ether oxygens (including phenoxy) is 1. The molecule has 4 rings (SSSR count). The van der Waals surface area contributed by atoms with Crippen LogP contribution in [-0.4, -0.2) is 34.3 Å². The van der Waals surface area contributed by atoms with Gasteiger partial charge < -0.3 is 14.6 Å². The molecule has 0 unspecified atom stereocenters. The van der Waals surface area contributed by atoms with Crippen LogP contribution in [0.2, 0.25) is 0 Å². The van der Waals surface area contributed by atoms with E-state index < -0.39 is 28.5 Å². The Hall–Kier alpha value is -2.38. The summed E-state index contributed by atoms with van der Waals surface area (Å²) in [4.78, 5) is 16.1. The monoisotopic (exact) mass is 456 g/mol. The Kier molecular flexibility index (Phi) is 5.36. The summed E-state index contributed by atoms with van der Waals surface area (Å²) in [5.74, 6) is 0.114. The minimum atomic E-state index is -4.50. The van der Waals surface area contributed by atoms with Crippen molar-refractivity contribution in [2.45, 2.75) is 23.5 Å². The highest BCUT2D eigenvalue weighted by atomic mass is 35.5. The molecule has 0 saturated carbocycles. The van der Waals surface area contributed by atoms with Gasteiger partial charge in [0.05, 0.1) is 18.7 Å². The molecular weight excluding hydrogens is 440 g/mol. The quantitative estimate of drug-likeness (QED) is 0.530. The van der Waals surface area contributed by atoms with Gasteiger partial charge in [0, 0.05) is 23.1 Å². The maximum Gasteiger partial charge on any atom is 0.416 e. The first-order valence-electron chi connectivity index (χ1n) is 9.15. The van der Waals surface area contributed by atoms with E-state index in [1.807, 2.05) is 12.1 Å². The van der Waals surface area contributed by atoms with Crippen LogP contribution in [0.1, 0.15) is 28.4 Å². The summed E-state index contributed by atoms with van der Waals surface area (Å²) < 4.78 is 45.3. The summed E-state index contributed by atoms with van der Waals surface area (Å²) in [6.07, 6.45) is -4.00. The molecular formula is C21H17Cl2F3N2O2. The zero-order chi connectivity index (χ0) is 21.6. The number of rotatable bonds is 3. The molecule has 2 aromatic carbocycles. The molecule has 9 heteroatoms. The van der Waals surface area contributed by atoms with Crippen molar-refractivity contribution >= 4 is 40.0 Å². The summed E-state index contributed by atoms with van der Waals surface area (Å²) in [5, 5.41) is 0.904. The van der Waals surface area contributed by atoms with Crippen molar-refractivity contribution < 1.29 is 22.7 Å². The molecule has 0 saturated heterocycles. The molecule has 0 fully saturated rings. The van der Waals surface area contributed by atoms with Gasteiger partial charge >= 0.3 is 6.18 Å². The van der Waals surface area contributed by atoms with Crippen molar-refractivity contribution in [2.24, 2.45) is 0 Å². The number of alkyl halides is 5. The predicted molar refractivity (Wildman–Crippen MR) is 109 cm³/mol. The summed E-state index contributed by atoms with van der Waals surface area (Å²) >= 11 is 11.7. The van der Waals surface area contributed by atoms with Gasteiger partial charge in [-0.3, -0.25) is 4.79 Å². The van der Waals surface area contributed by atoms with E-state index in [4.69, 9.17) is 27.9 Å². The molecule has 1 aliphatic rings. The molecule has 4 nitrogen and oxygen atoms in total. The summed E-state index contributed by atoms with van der Waals surface area (Å²) in [6.45, 7) is 0.271. The SMILES string of the molecule is COc1ccc2[nH]c3c(c2c1)CCN(C(=O)C(Cl)Cl)[C@H]3c1cccc(C(F)(F)F)c1. The molecule has 0 spiro atoms. The average Bonchev–Trinajstić information content (AvgIpc) is 3.09. The van der Waals surface area contributed by atoms with Gasteiger partial charge in [0.15, 0.2) is 4.84 Å². The topological polar surface area (TPSA) is 45.3 Å². The number of hydrogen-bond donors (Lipinski definition) is 1. The van der Waals surface area contributed by atoms with E-state index in [0.717, 1.165) is 28.6 Å². The van der Waals surface area contributed by atoms with E-state index in [1.165, 1.54) is 11.0 Å². The van der Waals surface area contributed by atoms with Gasteiger partial charge in [-0.15, -0.1) is 0 Å². The van der Waals surface area contributed by atoms with Gasteiger partial charge in [0.25, 0.3) is 5.91 Å². The van der Waals surface area contributed by atoms with Crippen LogP contribution in [0.4, 0.5) is 13.2 Å². The second kappa shape index (κ2) is 7.71. The first-order chi connectivity index (χ1) is 14.2. The number of H-pyrrole nitrogens is 1. The number of benzene rings is 2. The van der Waals surface area contributed by atoms with Crippen LogP contribution in [0.25, 0.3) is 10.9 Å². The van der Waals surface area contributed by atoms with E-state index >= 15 is 0 Å². The van der Waals surface area contributed by atoms with Crippen LogP contribution in [0.5, 0.6) is 5.75 Å². The molecule has 30 heavy (non-hydrogen) atoms. The molecule has 2 heterocycles. The van der Waals surface area contributed by atoms with E-state index in [1.54, 1.807) is 19.2 Å². The van der Waals surface area contributed by atoms with Gasteiger partial charge in [-0.25, -0.2) is 0 Å². The van der Waals surface area contributed by atoms with Crippen molar-refractivity contribution in [1.29, 1.82) is 0 Å². The summed E-state index contributed by atoms with van der Waals surface area (Å²) in [7, 11) is 1.56. The van der Waals surface area contributed by atoms with Gasteiger partial charge in [-0.2, -0.15) is 13.2 Å². The molecule has 1 atom stereocenters. The van der Waals surface area contributed by atoms with E-state index in [9.17, 15) is 18.0 Å². The van der Waals surface area contributed by atoms with Crippen LogP contribution in [-0.2, 0) is 17.4 Å². The number of halogens is 5. The Balaban J connectivity index is 1.91. The number of aromatic amines is 1. The van der Waals surface area contributed by atoms with Crippen molar-refractivity contribution in [1.82, 2.24) is 9.88 Å². The number of aromatic nitrogens is 1. The first kappa shape index (κ1) is 20.9. The van der Waals surface area contributed by atoms with E-state index in [0.29, 0.717) is 23.4 Å². The molecule has 1 amide bonds. The lowest BCUT2D eigenvalue weighted by molar-refractivity contribution is -0.137. The van der Waals surface area contributed by atoms with Crippen LogP contribution < -0.4 is 4.74 Å². The summed E-state index contributed by atoms with van der Waals surface area (Å²) in [5.41, 5.74) is 1.92. The third-order valence-corrected chi connectivity index (χ3v) is 5.71. The van der Waals surface area contributed by atoms with Gasteiger partial charge in [-0.05, 0) is 47.9 Å². The lowest BCUT2D eigenvalue weighted by atomic mass is 9.91. The zero-order valence-electron chi connectivity index (χ0n) is 15.8. The Morgan fingerprint density at radius 1 is 1.23 bits per heavy atom. The molecule has 0 bridgehead atoms. The Morgan fingerprint density at radius 3 is 2.67 bits per heavy atom. The first-order valence-corrected chi connectivity index (χ1v) is 10.0. The van der Waals surface area contributed by atoms with Gasteiger partial charge in [-0.1, -0.05) is 35.3 Å². The molecule has 0 radical (unpaired) electrons. The molecule has 158 valence electrons. The largest absolute Gasteiger partial charge is 0.497 e. The Bertz CT molecular complexity index is 1110. The number of amides is 1. The lowest BCUT2D eigenvalue weighted by Crippen LogP contribution is -2.43. The number of methoxy groups -OCH3 is 1. The third-order valence-electron chi connectivity index (χ3n) is 5.33. The maximum absolute atomic E-state index is 13.3. The highest BCUT2D eigenvalue weighted by molar-refractivity contribution is 6.53. The fraction of sp³-hybridized carbons (Fsp3) is 0.286. The molecule has 0 aliphatic carbocycles. The van der Waals surface area contributed by atoms with Gasteiger partial charge in [0.2, 0.25) is 0 Å². The van der Waals surface area contributed by atoms with Crippen LogP contribution in [0.3, 0.4) is 0 Å². The third kappa shape index (κ3) is 3.61. The normalized spacial score (nSPS) is 16.8. The lowest BCUT2D eigenvalue weighted by Gasteiger charge is -2.36. The molecule has 1 aliphatic heterocycles. The predicted octanol–water partition coefficient (Wildman–Crippen LogP) is 5.47. The molecule has 1 N–H and O–H groups in total. The second-order valence-corrected chi connectivity index (χ2v) is 8.13. The van der Waals surface area contributed by atoms with Crippen LogP contribution in [0, 0.1) is 0 Å². The second-order valence-electron chi connectivity index (χ2n) is 7.04. The fourth-order valence-electron chi connectivity index (χ4n) is 3.99. The minimum Gasteiger partial charge on any atom is -0.497 e. The van der Waals surface area contributed by atoms with Crippen molar-refractivity contribution in [3.63, 3.8) is 0 Å². The number of carbonyl (C=O) groups is 1. The molecule has 3 aromatic rings. The highest BCUT2D eigenvalue weighted by Crippen LogP contribution is 2.41. The smallest absolute Gasteiger partial charge is 0.416 e. The number of nitrogens with zero attached hydrogens (tertiary/aromatic N) is 1. The minimum absolute atomic E-state index is 0.271. The molecule has 1 aromatic heterocycles. The Labute approximate surface area is 180 Å². The standard InChI is InChI=1S/C21H17Cl2F3N2O2/c1-30-13-5-6-16-15(10-13)14-7-8-28(20(29)19(22)23)18(17(14)27-16)11-3-2-4-12(9-11)21(24,25)26/h2-6,9-10,18-19,27H,7-8H2,1H3/t18-/m0/s1. The van der Waals surface area contributed by atoms with Gasteiger partial charge in [0.1, 0.15) is 5.75 Å². The van der Waals surface area contributed by atoms with Crippen LogP contribution >= 0.6 is 23.2 Å². The maximum atomic E-state index is 13.3. The fourth-order valence-corrected chi connectivity index (χ4v) is 4.24. The number of fused-ring (bicyclic) bond motifs is 3. The Morgan fingerprint density at radius 2 is 2.00 bits per heavy atom. The average molecular weight is 457 g/mol. The number of hydrogen-bond acceptors (Lipinski definition) is 2. The summed E-state index contributed by atoms with van der Waals surface area (Å²) in [6, 6.07) is 9.69. The number of carbonyl (C=O) groups excluding carboxylic acids is 1. The van der Waals surface area contributed by atoms with Crippen molar-refractivity contribution in [2.75, 3.05) is 13.7 Å². The van der Waals surface area contributed by atoms with Crippen molar-refractivity contribution in [3.05, 3.63) is 64.8 Å². The van der Waals surface area contributed by atoms with Crippen LogP contribution in [0.15, 0.2) is 42.5 Å². The van der Waals surface area contributed by atoms with E-state index in [2.05, 4.69) is 4.98 Å². The number of nitrogens with one attached hydrogen (secondary N) is 1. The van der Waals surface area contributed by atoms with E-state index in [-0.39, 0.29) is 6.54 Å². The highest BCUT2D eigenvalue weighted by Gasteiger charge is 2.38. The van der Waals surface area contributed by atoms with Crippen molar-refractivity contribution in [3.8, 4) is 5.75 Å².